The van der Waals surface area contributed by atoms with E-state index in [1.165, 1.54) is 7.05 Å². The number of nitrogens with zero attached hydrogens (tertiary/aromatic N) is 2. The zero-order valence-corrected chi connectivity index (χ0v) is 6.17. The SMILES string of the molecule is Cn1cc(C=O)c([B-](F)(F)F)n1. The Balaban J connectivity index is 3.22. The Bertz CT molecular complexity index is 306. The average Bonchev–Trinajstić information content (AvgIpc) is 2.29. The molecule has 0 amide bonds. The highest BCUT2D eigenvalue weighted by Crippen LogP contribution is 2.09. The molecule has 0 saturated heterocycles. The maximum atomic E-state index is 12.1. The van der Waals surface area contributed by atoms with E-state index in [1.807, 2.05) is 0 Å². The average molecular weight is 177 g/mol. The van der Waals surface area contributed by atoms with Crippen molar-refractivity contribution in [3.63, 3.8) is 0 Å². The summed E-state index contributed by atoms with van der Waals surface area (Å²) in [5, 5.41) is 3.14. The smallest absolute Gasteiger partial charge is 0.444 e. The Morgan fingerprint density at radius 3 is 2.50 bits per heavy atom. The van der Waals surface area contributed by atoms with Crippen LogP contribution >= 0.6 is 0 Å². The molecule has 0 unspecified atom stereocenters. The van der Waals surface area contributed by atoms with E-state index in [1.54, 1.807) is 0 Å². The lowest BCUT2D eigenvalue weighted by Crippen LogP contribution is -2.38. The van der Waals surface area contributed by atoms with Gasteiger partial charge in [0.05, 0.1) is 0 Å². The van der Waals surface area contributed by atoms with Gasteiger partial charge >= 0.3 is 6.98 Å². The number of carbonyl (C=O) groups excluding carboxylic acids is 1. The van der Waals surface area contributed by atoms with Gasteiger partial charge in [-0.25, -0.2) is 5.10 Å². The Hall–Kier alpha value is -1.27. The Kier molecular flexibility index (Phi) is 1.95. The minimum Gasteiger partial charge on any atom is -0.444 e. The predicted molar refractivity (Wildman–Crippen MR) is 37.3 cm³/mol. The van der Waals surface area contributed by atoms with E-state index in [0.717, 1.165) is 10.9 Å². The van der Waals surface area contributed by atoms with Gasteiger partial charge in [-0.2, -0.15) is 0 Å². The Morgan fingerprint density at radius 1 is 1.58 bits per heavy atom. The molecule has 1 aromatic rings. The first kappa shape index (κ1) is 8.83. The molecule has 0 radical (unpaired) electrons. The summed E-state index contributed by atoms with van der Waals surface area (Å²) >= 11 is 0. The summed E-state index contributed by atoms with van der Waals surface area (Å²) in [4.78, 5) is 10.1. The number of aromatic nitrogens is 2. The van der Waals surface area contributed by atoms with Crippen LogP contribution in [-0.4, -0.2) is 23.0 Å². The number of aldehydes is 1. The van der Waals surface area contributed by atoms with Crippen molar-refractivity contribution in [2.24, 2.45) is 7.05 Å². The van der Waals surface area contributed by atoms with Crippen molar-refractivity contribution in [1.82, 2.24) is 9.78 Å². The summed E-state index contributed by atoms with van der Waals surface area (Å²) in [6, 6.07) is 0. The number of aryl methyl sites for hydroxylation is 1. The van der Waals surface area contributed by atoms with Crippen molar-refractivity contribution in [3.8, 4) is 0 Å². The van der Waals surface area contributed by atoms with Crippen molar-refractivity contribution in [1.29, 1.82) is 0 Å². The number of hydrogen-bond donors (Lipinski definition) is 0. The fourth-order valence-corrected chi connectivity index (χ4v) is 0.869. The molecule has 0 spiro atoms. The van der Waals surface area contributed by atoms with Gasteiger partial charge in [0.2, 0.25) is 0 Å². The van der Waals surface area contributed by atoms with Gasteiger partial charge in [0.25, 0.3) is 0 Å². The van der Waals surface area contributed by atoms with Crippen LogP contribution in [0.3, 0.4) is 0 Å². The van der Waals surface area contributed by atoms with Gasteiger partial charge in [-0.15, -0.1) is 0 Å². The van der Waals surface area contributed by atoms with Gasteiger partial charge in [-0.3, -0.25) is 9.48 Å². The zero-order valence-electron chi connectivity index (χ0n) is 6.17. The van der Waals surface area contributed by atoms with Gasteiger partial charge in [-0.05, 0) is 0 Å². The van der Waals surface area contributed by atoms with Gasteiger partial charge in [-0.1, -0.05) is 0 Å². The normalized spacial score (nSPS) is 11.7. The van der Waals surface area contributed by atoms with E-state index in [-0.39, 0.29) is 6.29 Å². The molecule has 66 valence electrons. The zero-order chi connectivity index (χ0) is 9.35. The first-order valence-corrected chi connectivity index (χ1v) is 3.14. The van der Waals surface area contributed by atoms with Gasteiger partial charge in [0, 0.05) is 24.4 Å². The molecular formula is C5H5BF3N2O-. The molecule has 0 atom stereocenters. The van der Waals surface area contributed by atoms with Gasteiger partial charge < -0.3 is 12.9 Å². The molecule has 12 heavy (non-hydrogen) atoms. The minimum absolute atomic E-state index is 0.150. The molecule has 0 fully saturated rings. The molecule has 0 N–H and O–H groups in total. The van der Waals surface area contributed by atoms with Gasteiger partial charge in [0.1, 0.15) is 6.29 Å². The van der Waals surface area contributed by atoms with Crippen molar-refractivity contribution in [3.05, 3.63) is 11.8 Å². The van der Waals surface area contributed by atoms with Crippen molar-refractivity contribution in [2.45, 2.75) is 0 Å². The number of carbonyl (C=O) groups is 1. The van der Waals surface area contributed by atoms with Crippen LogP contribution in [0.5, 0.6) is 0 Å². The minimum atomic E-state index is -5.18. The van der Waals surface area contributed by atoms with Crippen molar-refractivity contribution >= 4 is 18.9 Å². The quantitative estimate of drug-likeness (QED) is 0.480. The van der Waals surface area contributed by atoms with E-state index < -0.39 is 18.1 Å². The Labute approximate surface area is 66.2 Å². The highest BCUT2D eigenvalue weighted by molar-refractivity contribution is 6.73. The Morgan fingerprint density at radius 2 is 2.17 bits per heavy atom. The predicted octanol–water partition coefficient (Wildman–Crippen LogP) is 0.287. The highest BCUT2D eigenvalue weighted by atomic mass is 19.4. The van der Waals surface area contributed by atoms with E-state index in [9.17, 15) is 17.7 Å². The molecule has 0 aliphatic rings. The highest BCUT2D eigenvalue weighted by Gasteiger charge is 2.31. The van der Waals surface area contributed by atoms with Crippen molar-refractivity contribution in [2.75, 3.05) is 0 Å². The molecule has 0 bridgehead atoms. The summed E-state index contributed by atoms with van der Waals surface area (Å²) in [6.45, 7) is -5.18. The second-order valence-corrected chi connectivity index (χ2v) is 2.34. The lowest BCUT2D eigenvalue weighted by molar-refractivity contribution is 0.112. The molecule has 0 saturated carbocycles. The first-order valence-electron chi connectivity index (χ1n) is 3.14. The van der Waals surface area contributed by atoms with Gasteiger partial charge in [0.15, 0.2) is 0 Å². The summed E-state index contributed by atoms with van der Waals surface area (Å²) < 4.78 is 37.2. The van der Waals surface area contributed by atoms with E-state index in [0.29, 0.717) is 0 Å². The third kappa shape index (κ3) is 1.49. The standard InChI is InChI=1S/C5H5BF3N2O/c1-11-2-4(3-12)5(10-11)6(7,8)9/h2-3H,1H3/q-1. The molecule has 1 aromatic heterocycles. The topological polar surface area (TPSA) is 34.9 Å². The maximum absolute atomic E-state index is 12.1. The van der Waals surface area contributed by atoms with E-state index in [4.69, 9.17) is 0 Å². The molecule has 1 rings (SSSR count). The second-order valence-electron chi connectivity index (χ2n) is 2.34. The van der Waals surface area contributed by atoms with Crippen LogP contribution in [0.4, 0.5) is 12.9 Å². The third-order valence-electron chi connectivity index (χ3n) is 1.32. The molecule has 0 aliphatic carbocycles. The van der Waals surface area contributed by atoms with Crippen LogP contribution in [0.2, 0.25) is 0 Å². The molecule has 3 nitrogen and oxygen atoms in total. The van der Waals surface area contributed by atoms with Crippen LogP contribution in [0, 0.1) is 0 Å². The first-order chi connectivity index (χ1) is 5.45. The lowest BCUT2D eigenvalue weighted by atomic mass is 9.84. The summed E-state index contributed by atoms with van der Waals surface area (Å²) in [5.41, 5.74) is -1.49. The molecule has 0 aliphatic heterocycles. The van der Waals surface area contributed by atoms with Crippen LogP contribution in [0.25, 0.3) is 0 Å². The summed E-state index contributed by atoms with van der Waals surface area (Å²) in [6.07, 6.45) is 1.19. The molecule has 1 heterocycles. The summed E-state index contributed by atoms with van der Waals surface area (Å²) in [5.74, 6) is 0. The van der Waals surface area contributed by atoms with Crippen LogP contribution in [0.1, 0.15) is 10.4 Å². The monoisotopic (exact) mass is 177 g/mol. The number of rotatable bonds is 2. The third-order valence-corrected chi connectivity index (χ3v) is 1.32. The second kappa shape index (κ2) is 2.65. The van der Waals surface area contributed by atoms with E-state index >= 15 is 0 Å². The molecular weight excluding hydrogens is 172 g/mol. The largest absolute Gasteiger partial charge is 0.530 e. The van der Waals surface area contributed by atoms with Crippen LogP contribution in [0.15, 0.2) is 6.20 Å². The van der Waals surface area contributed by atoms with Crippen LogP contribution < -0.4 is 5.59 Å². The number of halogens is 3. The maximum Gasteiger partial charge on any atom is 0.530 e. The van der Waals surface area contributed by atoms with Crippen molar-refractivity contribution < 1.29 is 17.7 Å². The molecule has 0 aromatic carbocycles. The fraction of sp³-hybridized carbons (Fsp3) is 0.200. The van der Waals surface area contributed by atoms with Crippen LogP contribution in [-0.2, 0) is 7.05 Å². The molecule has 7 heteroatoms. The lowest BCUT2D eigenvalue weighted by Gasteiger charge is -2.10. The number of hydrogen-bond acceptors (Lipinski definition) is 2. The summed E-state index contributed by atoms with van der Waals surface area (Å²) in [7, 11) is 1.33. The van der Waals surface area contributed by atoms with E-state index in [2.05, 4.69) is 5.10 Å². The fourth-order valence-electron chi connectivity index (χ4n) is 0.869.